The van der Waals surface area contributed by atoms with Crippen LogP contribution in [0.1, 0.15) is 20.3 Å². The van der Waals surface area contributed by atoms with Gasteiger partial charge in [-0.1, -0.05) is 25.4 Å². The molecule has 2 aliphatic heterocycles. The molecule has 0 amide bonds. The van der Waals surface area contributed by atoms with Crippen molar-refractivity contribution in [2.24, 2.45) is 11.8 Å². The van der Waals surface area contributed by atoms with Gasteiger partial charge in [-0.05, 0) is 42.5 Å². The van der Waals surface area contributed by atoms with Gasteiger partial charge in [0.05, 0.1) is 4.90 Å². The molecule has 27 heavy (non-hydrogen) atoms. The number of sulfonamides is 1. The zero-order valence-corrected chi connectivity index (χ0v) is 18.0. The first-order chi connectivity index (χ1) is 12.6. The van der Waals surface area contributed by atoms with Crippen molar-refractivity contribution in [2.75, 3.05) is 39.3 Å². The van der Waals surface area contributed by atoms with Crippen LogP contribution in [0.5, 0.6) is 0 Å². The lowest BCUT2D eigenvalue weighted by Crippen LogP contribution is -2.56. The van der Waals surface area contributed by atoms with Crippen LogP contribution in [-0.2, 0) is 20.2 Å². The largest absolute Gasteiger partial charge is 0.282 e. The summed E-state index contributed by atoms with van der Waals surface area (Å²) in [5.74, 6) is 0.658. The highest BCUT2D eigenvalue weighted by molar-refractivity contribution is 7.89. The van der Waals surface area contributed by atoms with Crippen molar-refractivity contribution in [3.05, 3.63) is 29.3 Å². The molecule has 0 aliphatic carbocycles. The van der Waals surface area contributed by atoms with Crippen molar-refractivity contribution in [3.63, 3.8) is 0 Å². The molecule has 2 unspecified atom stereocenters. The number of nitrogens with zero attached hydrogens (tertiary/aromatic N) is 3. The van der Waals surface area contributed by atoms with E-state index in [0.29, 0.717) is 29.9 Å². The zero-order valence-electron chi connectivity index (χ0n) is 15.6. The van der Waals surface area contributed by atoms with E-state index in [4.69, 9.17) is 11.6 Å². The van der Waals surface area contributed by atoms with E-state index >= 15 is 0 Å². The molecule has 152 valence electrons. The van der Waals surface area contributed by atoms with Crippen molar-refractivity contribution < 1.29 is 16.8 Å². The summed E-state index contributed by atoms with van der Waals surface area (Å²) >= 11 is 5.82. The Hall–Kier alpha value is -0.710. The van der Waals surface area contributed by atoms with Crippen LogP contribution in [0.4, 0.5) is 0 Å². The molecular weight excluding hydrogens is 410 g/mol. The highest BCUT2D eigenvalue weighted by Crippen LogP contribution is 2.26. The number of hydrogen-bond acceptors (Lipinski definition) is 4. The van der Waals surface area contributed by atoms with Crippen LogP contribution >= 0.6 is 11.6 Å². The van der Waals surface area contributed by atoms with Crippen LogP contribution in [-0.4, -0.2) is 69.0 Å². The summed E-state index contributed by atoms with van der Waals surface area (Å²) in [4.78, 5) is 0.168. The molecule has 2 aliphatic rings. The second-order valence-corrected chi connectivity index (χ2v) is 11.8. The van der Waals surface area contributed by atoms with Crippen LogP contribution in [0.15, 0.2) is 29.2 Å². The Labute approximate surface area is 167 Å². The van der Waals surface area contributed by atoms with Gasteiger partial charge in [0.25, 0.3) is 10.2 Å². The molecule has 7 nitrogen and oxygen atoms in total. The third kappa shape index (κ3) is 4.49. The predicted molar refractivity (Wildman–Crippen MR) is 105 cm³/mol. The molecule has 3 rings (SSSR count). The summed E-state index contributed by atoms with van der Waals surface area (Å²) in [5.41, 5.74) is 0. The van der Waals surface area contributed by atoms with Gasteiger partial charge in [-0.25, -0.2) is 8.42 Å². The second kappa shape index (κ2) is 7.96. The van der Waals surface area contributed by atoms with Crippen LogP contribution < -0.4 is 0 Å². The van der Waals surface area contributed by atoms with Crippen LogP contribution in [0.25, 0.3) is 0 Å². The van der Waals surface area contributed by atoms with E-state index in [0.717, 1.165) is 6.42 Å². The van der Waals surface area contributed by atoms with Crippen LogP contribution in [0, 0.1) is 11.8 Å². The van der Waals surface area contributed by atoms with Crippen molar-refractivity contribution in [1.82, 2.24) is 12.9 Å². The molecular formula is C17H26ClN3O4S2. The fourth-order valence-electron chi connectivity index (χ4n) is 3.85. The van der Waals surface area contributed by atoms with Gasteiger partial charge in [0.1, 0.15) is 0 Å². The summed E-state index contributed by atoms with van der Waals surface area (Å²) < 4.78 is 55.7. The summed E-state index contributed by atoms with van der Waals surface area (Å²) in [7, 11) is -7.21. The van der Waals surface area contributed by atoms with Crippen molar-refractivity contribution in [3.8, 4) is 0 Å². The zero-order chi connectivity index (χ0) is 19.8. The lowest BCUT2D eigenvalue weighted by atomic mass is 9.94. The molecule has 0 aromatic heterocycles. The third-order valence-corrected chi connectivity index (χ3v) is 9.27. The molecule has 10 heteroatoms. The minimum Gasteiger partial charge on any atom is -0.207 e. The van der Waals surface area contributed by atoms with Gasteiger partial charge in [0, 0.05) is 44.3 Å². The minimum atomic E-state index is -3.65. The fourth-order valence-corrected chi connectivity index (χ4v) is 7.24. The summed E-state index contributed by atoms with van der Waals surface area (Å²) in [6, 6.07) is 6.01. The SMILES string of the molecule is CC1CC(C)CN(S(=O)(=O)N2CCN(S(=O)(=O)c3ccc(Cl)cc3)CC2)C1. The summed E-state index contributed by atoms with van der Waals surface area (Å²) in [6.07, 6.45) is 1.03. The molecule has 0 spiro atoms. The Morgan fingerprint density at radius 1 is 0.815 bits per heavy atom. The Morgan fingerprint density at radius 3 is 1.81 bits per heavy atom. The lowest BCUT2D eigenvalue weighted by molar-refractivity contribution is 0.197. The first kappa shape index (κ1) is 21.0. The normalized spacial score (nSPS) is 26.9. The number of piperidine rings is 1. The molecule has 2 saturated heterocycles. The first-order valence-electron chi connectivity index (χ1n) is 9.11. The molecule has 0 radical (unpaired) electrons. The molecule has 2 fully saturated rings. The van der Waals surface area contributed by atoms with Crippen molar-refractivity contribution >= 4 is 31.8 Å². The number of benzene rings is 1. The number of halogens is 1. The average molecular weight is 436 g/mol. The fraction of sp³-hybridized carbons (Fsp3) is 0.647. The monoisotopic (exact) mass is 435 g/mol. The van der Waals surface area contributed by atoms with Gasteiger partial charge in [-0.2, -0.15) is 21.3 Å². The lowest BCUT2D eigenvalue weighted by Gasteiger charge is -2.39. The second-order valence-electron chi connectivity index (χ2n) is 7.53. The van der Waals surface area contributed by atoms with E-state index < -0.39 is 20.2 Å². The van der Waals surface area contributed by atoms with Gasteiger partial charge >= 0.3 is 0 Å². The molecule has 0 N–H and O–H groups in total. The van der Waals surface area contributed by atoms with Gasteiger partial charge in [0.2, 0.25) is 10.0 Å². The maximum Gasteiger partial charge on any atom is 0.282 e. The Morgan fingerprint density at radius 2 is 1.30 bits per heavy atom. The molecule has 2 atom stereocenters. The molecule has 2 heterocycles. The Kier molecular flexibility index (Phi) is 6.20. The smallest absolute Gasteiger partial charge is 0.207 e. The van der Waals surface area contributed by atoms with Gasteiger partial charge in [-0.15, -0.1) is 0 Å². The van der Waals surface area contributed by atoms with Crippen LogP contribution in [0.2, 0.25) is 5.02 Å². The van der Waals surface area contributed by atoms with E-state index in [1.54, 1.807) is 4.31 Å². The molecule has 1 aromatic rings. The van der Waals surface area contributed by atoms with E-state index in [2.05, 4.69) is 13.8 Å². The Balaban J connectivity index is 1.68. The van der Waals surface area contributed by atoms with E-state index in [1.807, 2.05) is 0 Å². The minimum absolute atomic E-state index is 0.142. The molecule has 0 bridgehead atoms. The van der Waals surface area contributed by atoms with Crippen molar-refractivity contribution in [2.45, 2.75) is 25.2 Å². The van der Waals surface area contributed by atoms with Gasteiger partial charge < -0.3 is 0 Å². The summed E-state index contributed by atoms with van der Waals surface area (Å²) in [6.45, 7) is 5.78. The third-order valence-electron chi connectivity index (χ3n) is 5.14. The van der Waals surface area contributed by atoms with Gasteiger partial charge in [0.15, 0.2) is 0 Å². The van der Waals surface area contributed by atoms with E-state index in [9.17, 15) is 16.8 Å². The standard InChI is InChI=1S/C17H26ClN3O4S2/c1-14-11-15(2)13-21(12-14)27(24,25)20-9-7-19(8-10-20)26(22,23)17-5-3-16(18)4-6-17/h3-6,14-15H,7-13H2,1-2H3. The maximum atomic E-state index is 13.0. The highest BCUT2D eigenvalue weighted by atomic mass is 35.5. The summed E-state index contributed by atoms with van der Waals surface area (Å²) in [5, 5.41) is 0.467. The Bertz CT molecular complexity index is 856. The maximum absolute atomic E-state index is 13.0. The quantitative estimate of drug-likeness (QED) is 0.723. The average Bonchev–Trinajstić information content (AvgIpc) is 2.61. The first-order valence-corrected chi connectivity index (χ1v) is 12.3. The number of hydrogen-bond donors (Lipinski definition) is 0. The molecule has 1 aromatic carbocycles. The van der Waals surface area contributed by atoms with Gasteiger partial charge in [-0.3, -0.25) is 0 Å². The van der Waals surface area contributed by atoms with E-state index in [1.165, 1.54) is 32.9 Å². The van der Waals surface area contributed by atoms with Crippen LogP contribution in [0.3, 0.4) is 0 Å². The number of piperazine rings is 1. The highest BCUT2D eigenvalue weighted by Gasteiger charge is 2.38. The van der Waals surface area contributed by atoms with Crippen molar-refractivity contribution in [1.29, 1.82) is 0 Å². The predicted octanol–water partition coefficient (Wildman–Crippen LogP) is 1.87. The molecule has 0 saturated carbocycles. The topological polar surface area (TPSA) is 78.0 Å². The van der Waals surface area contributed by atoms with E-state index in [-0.39, 0.29) is 31.1 Å². The number of rotatable bonds is 4.